The molecule has 1 saturated carbocycles. The minimum absolute atomic E-state index is 0.0235. The molecule has 1 aromatic heterocycles. The number of benzene rings is 3. The summed E-state index contributed by atoms with van der Waals surface area (Å²) in [7, 11) is 0. The van der Waals surface area contributed by atoms with E-state index in [9.17, 15) is 24.0 Å². The maximum Gasteiger partial charge on any atom is 0.262 e. The van der Waals surface area contributed by atoms with Crippen LogP contribution in [0.2, 0.25) is 0 Å². The number of carbonyl (C=O) groups is 5. The quantitative estimate of drug-likeness (QED) is 0.0890. The maximum absolute atomic E-state index is 13.0. The average molecular weight is 760 g/mol. The van der Waals surface area contributed by atoms with Crippen molar-refractivity contribution in [2.75, 3.05) is 26.4 Å². The van der Waals surface area contributed by atoms with E-state index in [1.54, 1.807) is 42.6 Å². The zero-order valence-corrected chi connectivity index (χ0v) is 30.7. The number of imide groups is 2. The van der Waals surface area contributed by atoms with E-state index in [4.69, 9.17) is 25.5 Å². The minimum Gasteiger partial charge on any atom is -0.494 e. The fraction of sp³-hybridized carbons (Fsp3) is 0.357. The molecule has 2 fully saturated rings. The van der Waals surface area contributed by atoms with Gasteiger partial charge in [0.05, 0.1) is 42.5 Å². The molecule has 0 radical (unpaired) electrons. The fourth-order valence-electron chi connectivity index (χ4n) is 7.14. The van der Waals surface area contributed by atoms with Gasteiger partial charge < -0.3 is 24.3 Å². The Hall–Kier alpha value is -6.33. The van der Waals surface area contributed by atoms with Crippen LogP contribution < -0.4 is 24.8 Å². The van der Waals surface area contributed by atoms with Gasteiger partial charge in [-0.2, -0.15) is 0 Å². The lowest BCUT2D eigenvalue weighted by Crippen LogP contribution is -2.54. The lowest BCUT2D eigenvalue weighted by Gasteiger charge is -2.30. The highest BCUT2D eigenvalue weighted by molar-refractivity contribution is 6.23. The summed E-state index contributed by atoms with van der Waals surface area (Å²) in [5.41, 5.74) is 2.08. The van der Waals surface area contributed by atoms with E-state index in [-0.39, 0.29) is 42.0 Å². The highest BCUT2D eigenvalue weighted by atomic mass is 16.5. The van der Waals surface area contributed by atoms with Crippen LogP contribution >= 0.6 is 0 Å². The smallest absolute Gasteiger partial charge is 0.262 e. The second kappa shape index (κ2) is 17.4. The molecule has 2 N–H and O–H groups in total. The van der Waals surface area contributed by atoms with Crippen LogP contribution in [0.5, 0.6) is 17.2 Å². The average Bonchev–Trinajstić information content (AvgIpc) is 3.46. The first kappa shape index (κ1) is 38.0. The molecule has 1 aliphatic carbocycles. The van der Waals surface area contributed by atoms with Gasteiger partial charge in [0.25, 0.3) is 17.7 Å². The van der Waals surface area contributed by atoms with Gasteiger partial charge in [-0.25, -0.2) is 4.85 Å². The van der Waals surface area contributed by atoms with E-state index in [1.165, 1.54) is 12.1 Å². The van der Waals surface area contributed by atoms with Gasteiger partial charge in [0.2, 0.25) is 17.5 Å². The van der Waals surface area contributed by atoms with Crippen molar-refractivity contribution in [3.63, 3.8) is 0 Å². The molecule has 14 nitrogen and oxygen atoms in total. The number of rotatable bonds is 15. The molecule has 2 aliphatic heterocycles. The highest BCUT2D eigenvalue weighted by Gasteiger charge is 2.44. The van der Waals surface area contributed by atoms with Crippen LogP contribution in [0.15, 0.2) is 72.9 Å². The molecule has 1 unspecified atom stereocenters. The van der Waals surface area contributed by atoms with Crippen molar-refractivity contribution in [3.8, 4) is 17.2 Å². The first-order valence-electron chi connectivity index (χ1n) is 18.8. The Kier molecular flexibility index (Phi) is 11.8. The molecule has 7 rings (SSSR count). The molecule has 5 amide bonds. The van der Waals surface area contributed by atoms with Crippen LogP contribution in [-0.2, 0) is 14.3 Å². The van der Waals surface area contributed by atoms with Gasteiger partial charge in [0, 0.05) is 55.7 Å². The summed E-state index contributed by atoms with van der Waals surface area (Å²) in [5.74, 6) is -0.523. The third kappa shape index (κ3) is 8.63. The number of pyridine rings is 1. The number of hydrogen-bond acceptors (Lipinski definition) is 10. The lowest BCUT2D eigenvalue weighted by molar-refractivity contribution is -0.136. The summed E-state index contributed by atoms with van der Waals surface area (Å²) in [4.78, 5) is 71.4. The summed E-state index contributed by atoms with van der Waals surface area (Å²) < 4.78 is 23.6. The molecule has 0 spiro atoms. The Balaban J connectivity index is 0.753. The largest absolute Gasteiger partial charge is 0.494 e. The minimum atomic E-state index is -1.01. The fourth-order valence-corrected chi connectivity index (χ4v) is 7.14. The van der Waals surface area contributed by atoms with Gasteiger partial charge in [-0.15, -0.1) is 0 Å². The molecule has 1 atom stereocenters. The van der Waals surface area contributed by atoms with E-state index >= 15 is 0 Å². The van der Waals surface area contributed by atoms with Crippen molar-refractivity contribution >= 4 is 46.1 Å². The molecule has 3 heterocycles. The van der Waals surface area contributed by atoms with Crippen LogP contribution in [0, 0.1) is 6.57 Å². The Morgan fingerprint density at radius 2 is 1.55 bits per heavy atom. The third-order valence-corrected chi connectivity index (χ3v) is 10.1. The van der Waals surface area contributed by atoms with Crippen molar-refractivity contribution in [1.82, 2.24) is 20.5 Å². The van der Waals surface area contributed by atoms with Crippen LogP contribution in [-0.4, -0.2) is 84.0 Å². The number of fused-ring (bicyclic) bond motifs is 2. The highest BCUT2D eigenvalue weighted by Crippen LogP contribution is 2.34. The summed E-state index contributed by atoms with van der Waals surface area (Å²) in [5, 5.41) is 6.17. The van der Waals surface area contributed by atoms with Gasteiger partial charge >= 0.3 is 0 Å². The normalized spacial score (nSPS) is 19.3. The van der Waals surface area contributed by atoms with E-state index in [2.05, 4.69) is 20.5 Å². The van der Waals surface area contributed by atoms with E-state index < -0.39 is 29.7 Å². The molecular formula is C42H41N5O9. The maximum atomic E-state index is 13.0. The predicted octanol–water partition coefficient (Wildman–Crippen LogP) is 5.56. The number of ether oxygens (including phenoxy) is 4. The van der Waals surface area contributed by atoms with Crippen molar-refractivity contribution in [2.24, 2.45) is 0 Å². The van der Waals surface area contributed by atoms with Crippen LogP contribution in [0.1, 0.15) is 82.4 Å². The van der Waals surface area contributed by atoms with Gasteiger partial charge in [0.1, 0.15) is 23.3 Å². The molecule has 288 valence electrons. The van der Waals surface area contributed by atoms with Crippen LogP contribution in [0.4, 0.5) is 5.69 Å². The van der Waals surface area contributed by atoms with Crippen molar-refractivity contribution in [2.45, 2.75) is 69.6 Å². The molecule has 0 bridgehead atoms. The first-order chi connectivity index (χ1) is 27.3. The van der Waals surface area contributed by atoms with Crippen molar-refractivity contribution in [1.29, 1.82) is 0 Å². The van der Waals surface area contributed by atoms with E-state index in [0.717, 1.165) is 41.7 Å². The third-order valence-electron chi connectivity index (χ3n) is 10.1. The number of hydrogen-bond donors (Lipinski definition) is 2. The standard InChI is InChI=1S/C42H41N5O9/c1-43-34-16-18-36(32-5-2-20-44-38(32)34)56-29-12-8-27(9-13-29)45-39(49)26-6-10-28(11-7-26)54-23-3-21-53-22-4-24-55-30-14-15-31-33(25-30)42(52)47(41(31)51)35-17-19-37(48)46-40(35)50/h2,5-7,10-11,14-16,18,20,25,27,29,35H,3-4,8-9,12-13,17,19,21-24H2,(H,45,49)(H,46,48,50). The van der Waals surface area contributed by atoms with Gasteiger partial charge in [-0.3, -0.25) is 39.2 Å². The zero-order valence-electron chi connectivity index (χ0n) is 30.7. The Morgan fingerprint density at radius 1 is 0.839 bits per heavy atom. The number of carbonyl (C=O) groups excluding carboxylic acids is 5. The van der Waals surface area contributed by atoms with Gasteiger partial charge in [-0.05, 0) is 92.8 Å². The molecule has 1 saturated heterocycles. The van der Waals surface area contributed by atoms with E-state index in [0.29, 0.717) is 67.5 Å². The Bertz CT molecular complexity index is 2180. The second-order valence-electron chi connectivity index (χ2n) is 13.9. The number of amides is 5. The summed E-state index contributed by atoms with van der Waals surface area (Å²) in [6.07, 6.45) is 6.34. The predicted molar refractivity (Wildman–Crippen MR) is 203 cm³/mol. The number of nitrogens with zero attached hydrogens (tertiary/aromatic N) is 3. The molecule has 3 aromatic carbocycles. The van der Waals surface area contributed by atoms with E-state index in [1.807, 2.05) is 18.2 Å². The second-order valence-corrected chi connectivity index (χ2v) is 13.9. The molecule has 4 aromatic rings. The molecule has 56 heavy (non-hydrogen) atoms. The zero-order chi connectivity index (χ0) is 39.0. The topological polar surface area (TPSA) is 167 Å². The van der Waals surface area contributed by atoms with Crippen LogP contribution in [0.25, 0.3) is 15.7 Å². The number of piperidine rings is 1. The summed E-state index contributed by atoms with van der Waals surface area (Å²) in [6.45, 7) is 9.12. The summed E-state index contributed by atoms with van der Waals surface area (Å²) >= 11 is 0. The van der Waals surface area contributed by atoms with Crippen molar-refractivity contribution in [3.05, 3.63) is 101 Å². The van der Waals surface area contributed by atoms with Crippen molar-refractivity contribution < 1.29 is 42.9 Å². The first-order valence-corrected chi connectivity index (χ1v) is 18.8. The molecule has 3 aliphatic rings. The monoisotopic (exact) mass is 759 g/mol. The lowest BCUT2D eigenvalue weighted by atomic mass is 9.92. The van der Waals surface area contributed by atoms with Gasteiger partial charge in [-0.1, -0.05) is 6.07 Å². The Labute approximate surface area is 323 Å². The molecule has 14 heteroatoms. The number of nitrogens with one attached hydrogen (secondary N) is 2. The number of aromatic nitrogens is 1. The Morgan fingerprint density at radius 3 is 2.29 bits per heavy atom. The van der Waals surface area contributed by atoms with Crippen LogP contribution in [0.3, 0.4) is 0 Å². The SMILES string of the molecule is [C-]#[N+]c1ccc(OC2CCC(NC(=O)c3ccc(OCCCOCCCOc4ccc5c(c4)C(=O)N(C4CCC(=O)NC4=O)C5=O)cc3)CC2)c2cccnc12. The summed E-state index contributed by atoms with van der Waals surface area (Å²) in [6, 6.07) is 18.1. The van der Waals surface area contributed by atoms with Gasteiger partial charge in [0.15, 0.2) is 0 Å². The molecular weight excluding hydrogens is 718 g/mol.